The summed E-state index contributed by atoms with van der Waals surface area (Å²) in [7, 11) is -1.47. The van der Waals surface area contributed by atoms with Crippen LogP contribution in [0.2, 0.25) is 22.9 Å². The number of benzene rings is 1. The van der Waals surface area contributed by atoms with Crippen LogP contribution >= 0.6 is 0 Å². The zero-order valence-electron chi connectivity index (χ0n) is 14.7. The van der Waals surface area contributed by atoms with Gasteiger partial charge in [0, 0.05) is 0 Å². The normalized spacial score (nSPS) is 27.6. The third-order valence-corrected chi connectivity index (χ3v) is 11.2. The van der Waals surface area contributed by atoms with Crippen molar-refractivity contribution in [2.45, 2.75) is 43.1 Å². The van der Waals surface area contributed by atoms with E-state index in [9.17, 15) is 0 Å². The number of hydrogen-bond donors (Lipinski definition) is 0. The molecule has 4 atom stereocenters. The molecule has 0 spiro atoms. The number of hydrogen-bond acceptors (Lipinski definition) is 0. The van der Waals surface area contributed by atoms with E-state index in [0.29, 0.717) is 0 Å². The van der Waals surface area contributed by atoms with Gasteiger partial charge < -0.3 is 37.2 Å². The number of aryl methyl sites for hydroxylation is 2. The molecule has 1 aromatic rings. The molecule has 2 aliphatic carbocycles. The summed E-state index contributed by atoms with van der Waals surface area (Å²) in [4.78, 5) is 0. The van der Waals surface area contributed by atoms with Gasteiger partial charge in [0.25, 0.3) is 0 Å². The fraction of sp³-hybridized carbons (Fsp3) is 0.474. The van der Waals surface area contributed by atoms with Gasteiger partial charge >= 0.3 is 142 Å². The van der Waals surface area contributed by atoms with E-state index >= 15 is 0 Å². The minimum Gasteiger partial charge on any atom is -1.00 e. The summed E-state index contributed by atoms with van der Waals surface area (Å²) in [5, 5.41) is 1.65. The van der Waals surface area contributed by atoms with Crippen molar-refractivity contribution in [2.24, 2.45) is 11.8 Å². The summed E-state index contributed by atoms with van der Waals surface area (Å²) in [6.07, 6.45) is 10.8. The molecule has 24 heavy (non-hydrogen) atoms. The van der Waals surface area contributed by atoms with Crippen LogP contribution in [-0.4, -0.2) is 8.07 Å². The van der Waals surface area contributed by atoms with Gasteiger partial charge in [0.2, 0.25) is 0 Å². The van der Waals surface area contributed by atoms with Crippen LogP contribution in [0.4, 0.5) is 0 Å². The Hall–Kier alpha value is 0.501. The fourth-order valence-corrected chi connectivity index (χ4v) is 11.3. The molecule has 0 saturated heterocycles. The zero-order chi connectivity index (χ0) is 15.2. The molecule has 0 nitrogen and oxygen atoms in total. The van der Waals surface area contributed by atoms with Gasteiger partial charge in [-0.2, -0.15) is 0 Å². The molecule has 2 aliphatic rings. The summed E-state index contributed by atoms with van der Waals surface area (Å²) < 4.78 is 0.842. The predicted molar refractivity (Wildman–Crippen MR) is 90.4 cm³/mol. The number of halogens is 3. The Balaban J connectivity index is 0.00000176. The minimum absolute atomic E-state index is 0. The van der Waals surface area contributed by atoms with Crippen molar-refractivity contribution in [1.82, 2.24) is 0 Å². The molecule has 1 fully saturated rings. The van der Waals surface area contributed by atoms with E-state index in [1.165, 1.54) is 17.5 Å². The molecule has 3 rings (SSSR count). The Labute approximate surface area is 178 Å². The van der Waals surface area contributed by atoms with Gasteiger partial charge in [-0.15, -0.1) is 0 Å². The second-order valence-corrected chi connectivity index (χ2v) is 13.3. The molecule has 0 aliphatic heterocycles. The van der Waals surface area contributed by atoms with Gasteiger partial charge in [-0.3, -0.25) is 0 Å². The van der Waals surface area contributed by atoms with Gasteiger partial charge in [0.05, 0.1) is 0 Å². The van der Waals surface area contributed by atoms with E-state index in [1.54, 1.807) is 5.19 Å². The van der Waals surface area contributed by atoms with Crippen molar-refractivity contribution in [1.29, 1.82) is 0 Å². The molecule has 1 saturated carbocycles. The van der Waals surface area contributed by atoms with Crippen molar-refractivity contribution in [3.05, 3.63) is 53.6 Å². The minimum atomic E-state index is -1.47. The molecular formula is C19H25Cl3SiTi. The van der Waals surface area contributed by atoms with Crippen LogP contribution in [0, 0.1) is 25.7 Å². The summed E-state index contributed by atoms with van der Waals surface area (Å²) in [5.41, 5.74) is 3.71. The zero-order valence-corrected chi connectivity index (χ0v) is 19.5. The molecular weight excluding hydrogens is 411 g/mol. The van der Waals surface area contributed by atoms with E-state index in [-0.39, 0.29) is 37.2 Å². The van der Waals surface area contributed by atoms with Gasteiger partial charge in [0.1, 0.15) is 0 Å². The van der Waals surface area contributed by atoms with Crippen molar-refractivity contribution < 1.29 is 57.7 Å². The van der Waals surface area contributed by atoms with Crippen LogP contribution in [-0.2, 0) is 20.4 Å². The van der Waals surface area contributed by atoms with E-state index in [0.717, 1.165) is 21.6 Å². The largest absolute Gasteiger partial charge is 1.00 e. The summed E-state index contributed by atoms with van der Waals surface area (Å²) in [6, 6.07) is 7.22. The molecule has 5 heteroatoms. The van der Waals surface area contributed by atoms with Gasteiger partial charge in [-0.05, 0) is 0 Å². The quantitative estimate of drug-likeness (QED) is 0.413. The molecule has 0 bridgehead atoms. The maximum Gasteiger partial charge on any atom is -1.00 e. The van der Waals surface area contributed by atoms with Crippen molar-refractivity contribution in [2.75, 3.05) is 0 Å². The van der Waals surface area contributed by atoms with Crippen molar-refractivity contribution in [3.8, 4) is 0 Å². The number of allylic oxidation sites excluding steroid dienone is 4. The van der Waals surface area contributed by atoms with E-state index < -0.39 is 8.07 Å². The third-order valence-electron chi connectivity index (χ3n) is 5.47. The molecule has 0 heterocycles. The monoisotopic (exact) mass is 434 g/mol. The molecule has 0 radical (unpaired) electrons. The molecule has 0 aromatic heterocycles. The number of rotatable bonds is 2. The Morgan fingerprint density at radius 2 is 1.46 bits per heavy atom. The predicted octanol–water partition coefficient (Wildman–Crippen LogP) is -4.30. The van der Waals surface area contributed by atoms with Gasteiger partial charge in [0.15, 0.2) is 0 Å². The molecule has 130 valence electrons. The Morgan fingerprint density at radius 1 is 0.917 bits per heavy atom. The van der Waals surface area contributed by atoms with Crippen LogP contribution in [0.15, 0.2) is 42.5 Å². The maximum absolute atomic E-state index is 2.59. The van der Waals surface area contributed by atoms with Crippen LogP contribution in [0.3, 0.4) is 0 Å². The first-order chi connectivity index (χ1) is 9.89. The second kappa shape index (κ2) is 9.44. The molecule has 1 aromatic carbocycles. The average Bonchev–Trinajstić information content (AvgIpc) is 2.73. The number of fused-ring (bicyclic) bond motifs is 1. The Bertz CT molecular complexity index is 592. The summed E-state index contributed by atoms with van der Waals surface area (Å²) in [6.45, 7) is 9.67. The van der Waals surface area contributed by atoms with Crippen molar-refractivity contribution >= 4 is 13.3 Å². The second-order valence-electron chi connectivity index (χ2n) is 7.48. The Kier molecular flexibility index (Phi) is 9.64. The SMILES string of the molecule is Cc1cc(C)cc([Si](C)(C)C2[CH]([Ti+3])CC3C=CC=CC32)c1.[Cl-].[Cl-].[Cl-]. The standard InChI is InChI=1S/C19H25Si.3ClH.Ti/c1-14-11-15(2)13-17(12-14)20(3,4)19-10-9-16-7-5-6-8-18(16)19;;;;/h5-8,10-13,16,18-19H,9H2,1-4H3;3*1H;/q;;;;+3/p-3. The first-order valence-corrected chi connectivity index (χ1v) is 12.0. The van der Waals surface area contributed by atoms with E-state index in [4.69, 9.17) is 0 Å². The fourth-order valence-electron chi connectivity index (χ4n) is 4.52. The van der Waals surface area contributed by atoms with Gasteiger partial charge in [-0.1, -0.05) is 0 Å². The van der Waals surface area contributed by atoms with Crippen molar-refractivity contribution in [3.63, 3.8) is 0 Å². The topological polar surface area (TPSA) is 0 Å². The average molecular weight is 436 g/mol. The molecule has 0 amide bonds. The summed E-state index contributed by atoms with van der Waals surface area (Å²) >= 11 is 2.49. The Morgan fingerprint density at radius 3 is 2.04 bits per heavy atom. The molecule has 4 unspecified atom stereocenters. The van der Waals surface area contributed by atoms with E-state index in [1.807, 2.05) is 0 Å². The summed E-state index contributed by atoms with van der Waals surface area (Å²) in [5.74, 6) is 1.56. The van der Waals surface area contributed by atoms with Crippen LogP contribution < -0.4 is 42.4 Å². The van der Waals surface area contributed by atoms with Crippen LogP contribution in [0.1, 0.15) is 17.5 Å². The maximum atomic E-state index is 2.59. The third kappa shape index (κ3) is 4.61. The smallest absolute Gasteiger partial charge is 1.00 e. The first-order valence-electron chi connectivity index (χ1n) is 8.04. The van der Waals surface area contributed by atoms with Gasteiger partial charge in [-0.25, -0.2) is 0 Å². The first kappa shape index (κ1) is 24.5. The molecule has 0 N–H and O–H groups in total. The van der Waals surface area contributed by atoms with E-state index in [2.05, 4.69) is 89.9 Å². The van der Waals surface area contributed by atoms with Crippen LogP contribution in [0.5, 0.6) is 0 Å². The van der Waals surface area contributed by atoms with Crippen LogP contribution in [0.25, 0.3) is 0 Å².